The molecule has 0 aliphatic carbocycles. The summed E-state index contributed by atoms with van der Waals surface area (Å²) in [5, 5.41) is 4.08. The lowest BCUT2D eigenvalue weighted by molar-refractivity contribution is -0.0411. The normalized spacial score (nSPS) is 12.7. The monoisotopic (exact) mass is 361 g/mol. The highest BCUT2D eigenvalue weighted by Gasteiger charge is 2.28. The number of alkyl halides is 2. The fourth-order valence-electron chi connectivity index (χ4n) is 1.88. The number of halogens is 3. The van der Waals surface area contributed by atoms with E-state index in [9.17, 15) is 8.78 Å². The van der Waals surface area contributed by atoms with E-state index >= 15 is 0 Å². The largest absolute Gasteiger partial charge is 0.497 e. The van der Waals surface area contributed by atoms with E-state index in [-0.39, 0.29) is 10.6 Å². The average Bonchev–Trinajstić information content (AvgIpc) is 2.81. The summed E-state index contributed by atoms with van der Waals surface area (Å²) in [5.74, 6) is 0.802. The molecule has 8 heteroatoms. The van der Waals surface area contributed by atoms with Crippen LogP contribution in [0.2, 0.25) is 0 Å². The Kier molecular flexibility index (Phi) is 5.24. The van der Waals surface area contributed by atoms with Crippen molar-refractivity contribution >= 4 is 15.9 Å². The van der Waals surface area contributed by atoms with Crippen molar-refractivity contribution in [1.29, 1.82) is 0 Å². The summed E-state index contributed by atoms with van der Waals surface area (Å²) >= 11 is 3.10. The van der Waals surface area contributed by atoms with Crippen LogP contribution in [0.15, 0.2) is 29.0 Å². The molecule has 1 unspecified atom stereocenters. The molecule has 2 aromatic rings. The van der Waals surface area contributed by atoms with Crippen molar-refractivity contribution in [3.63, 3.8) is 0 Å². The molecule has 0 fully saturated rings. The Balaban J connectivity index is 2.26. The van der Waals surface area contributed by atoms with Gasteiger partial charge < -0.3 is 9.47 Å². The summed E-state index contributed by atoms with van der Waals surface area (Å²) < 4.78 is 37.5. The van der Waals surface area contributed by atoms with Crippen LogP contribution >= 0.6 is 15.9 Å². The van der Waals surface area contributed by atoms with Crippen LogP contribution in [0.3, 0.4) is 0 Å². The molecule has 1 aromatic carbocycles. The summed E-state index contributed by atoms with van der Waals surface area (Å²) in [6, 6.07) is 7.26. The Hall–Kier alpha value is -1.54. The van der Waals surface area contributed by atoms with Crippen molar-refractivity contribution in [2.24, 2.45) is 0 Å². The minimum atomic E-state index is -2.68. The van der Waals surface area contributed by atoms with Crippen molar-refractivity contribution in [3.05, 3.63) is 40.4 Å². The minimum absolute atomic E-state index is 0.0789. The Morgan fingerprint density at radius 3 is 2.43 bits per heavy atom. The van der Waals surface area contributed by atoms with Gasteiger partial charge in [-0.15, -0.1) is 5.10 Å². The summed E-state index contributed by atoms with van der Waals surface area (Å²) in [4.78, 5) is 3.97. The molecule has 21 heavy (non-hydrogen) atoms. The molecule has 0 spiro atoms. The number of benzene rings is 1. The fraction of sp³-hybridized carbons (Fsp3) is 0.385. The predicted octanol–water partition coefficient (Wildman–Crippen LogP) is 3.05. The van der Waals surface area contributed by atoms with Gasteiger partial charge in [-0.2, -0.15) is 0 Å². The average molecular weight is 362 g/mol. The number of hydrogen-bond acceptors (Lipinski definition) is 4. The molecule has 2 rings (SSSR count). The van der Waals surface area contributed by atoms with Gasteiger partial charge >= 0.3 is 0 Å². The van der Waals surface area contributed by atoms with Crippen LogP contribution in [0.4, 0.5) is 8.78 Å². The number of rotatable bonds is 6. The van der Waals surface area contributed by atoms with Gasteiger partial charge in [0.25, 0.3) is 6.43 Å². The quantitative estimate of drug-likeness (QED) is 0.793. The highest BCUT2D eigenvalue weighted by molar-refractivity contribution is 9.10. The number of nitrogens with zero attached hydrogens (tertiary/aromatic N) is 3. The smallest absolute Gasteiger partial charge is 0.271 e. The maximum Gasteiger partial charge on any atom is 0.271 e. The lowest BCUT2D eigenvalue weighted by Gasteiger charge is -2.14. The maximum atomic E-state index is 13.0. The van der Waals surface area contributed by atoms with Crippen LogP contribution in [0.1, 0.15) is 17.5 Å². The molecular weight excluding hydrogens is 348 g/mol. The third-order valence-corrected chi connectivity index (χ3v) is 3.24. The maximum absolute atomic E-state index is 13.0. The summed E-state index contributed by atoms with van der Waals surface area (Å²) in [6.07, 6.45) is -4.09. The molecule has 0 aliphatic heterocycles. The molecule has 0 saturated carbocycles. The van der Waals surface area contributed by atoms with E-state index < -0.39 is 12.5 Å². The number of aromatic nitrogens is 3. The Morgan fingerprint density at radius 1 is 1.24 bits per heavy atom. The van der Waals surface area contributed by atoms with Crippen molar-refractivity contribution in [2.75, 3.05) is 14.2 Å². The molecule has 0 saturated heterocycles. The zero-order chi connectivity index (χ0) is 15.4. The number of ether oxygens (including phenoxy) is 2. The minimum Gasteiger partial charge on any atom is -0.497 e. The lowest BCUT2D eigenvalue weighted by Crippen LogP contribution is -2.18. The molecule has 114 valence electrons. The molecule has 1 heterocycles. The van der Waals surface area contributed by atoms with Gasteiger partial charge in [-0.25, -0.2) is 18.4 Å². The van der Waals surface area contributed by atoms with Crippen molar-refractivity contribution in [1.82, 2.24) is 14.8 Å². The van der Waals surface area contributed by atoms with Crippen molar-refractivity contribution in [2.45, 2.75) is 19.1 Å². The Morgan fingerprint density at radius 2 is 1.90 bits per heavy atom. The second-order valence-corrected chi connectivity index (χ2v) is 4.94. The van der Waals surface area contributed by atoms with Gasteiger partial charge in [0.1, 0.15) is 5.75 Å². The molecule has 5 nitrogen and oxygen atoms in total. The first-order valence-corrected chi connectivity index (χ1v) is 6.88. The highest BCUT2D eigenvalue weighted by Crippen LogP contribution is 2.24. The van der Waals surface area contributed by atoms with Crippen LogP contribution in [-0.4, -0.2) is 35.4 Å². The topological polar surface area (TPSA) is 49.2 Å². The second-order valence-electron chi connectivity index (χ2n) is 4.24. The molecule has 0 aliphatic rings. The van der Waals surface area contributed by atoms with Crippen molar-refractivity contribution < 1.29 is 18.3 Å². The first-order valence-electron chi connectivity index (χ1n) is 6.09. The van der Waals surface area contributed by atoms with Gasteiger partial charge in [-0.05, 0) is 33.6 Å². The van der Waals surface area contributed by atoms with E-state index in [1.54, 1.807) is 19.2 Å². The SMILES string of the molecule is COc1ccc(Cn2nc(Br)nc2C(OC)C(F)F)cc1. The van der Waals surface area contributed by atoms with E-state index in [0.29, 0.717) is 6.54 Å². The third-order valence-electron chi connectivity index (χ3n) is 2.90. The van der Waals surface area contributed by atoms with Gasteiger partial charge in [0.2, 0.25) is 4.73 Å². The van der Waals surface area contributed by atoms with E-state index in [1.165, 1.54) is 11.8 Å². The van der Waals surface area contributed by atoms with E-state index in [4.69, 9.17) is 9.47 Å². The van der Waals surface area contributed by atoms with Crippen molar-refractivity contribution in [3.8, 4) is 5.75 Å². The highest BCUT2D eigenvalue weighted by atomic mass is 79.9. The van der Waals surface area contributed by atoms with Gasteiger partial charge in [0.05, 0.1) is 13.7 Å². The Bertz CT molecular complexity index is 590. The van der Waals surface area contributed by atoms with Crippen LogP contribution in [0.25, 0.3) is 0 Å². The Labute approximate surface area is 129 Å². The molecule has 1 atom stereocenters. The van der Waals surface area contributed by atoms with E-state index in [0.717, 1.165) is 11.3 Å². The van der Waals surface area contributed by atoms with Gasteiger partial charge in [0.15, 0.2) is 11.9 Å². The summed E-state index contributed by atoms with van der Waals surface area (Å²) in [5.41, 5.74) is 0.888. The number of hydrogen-bond donors (Lipinski definition) is 0. The van der Waals surface area contributed by atoms with Crippen LogP contribution < -0.4 is 4.74 Å². The van der Waals surface area contributed by atoms with Gasteiger partial charge in [-0.3, -0.25) is 0 Å². The van der Waals surface area contributed by atoms with Gasteiger partial charge in [0, 0.05) is 7.11 Å². The predicted molar refractivity (Wildman–Crippen MR) is 75.6 cm³/mol. The first-order chi connectivity index (χ1) is 10.0. The molecule has 1 aromatic heterocycles. The molecule has 0 radical (unpaired) electrons. The first kappa shape index (κ1) is 15.8. The molecule has 0 bridgehead atoms. The summed E-state index contributed by atoms with van der Waals surface area (Å²) in [6.45, 7) is 0.310. The van der Waals surface area contributed by atoms with Crippen LogP contribution in [0.5, 0.6) is 5.75 Å². The zero-order valence-electron chi connectivity index (χ0n) is 11.5. The molecular formula is C13H14BrF2N3O2. The van der Waals surface area contributed by atoms with Crippen LogP contribution in [-0.2, 0) is 11.3 Å². The summed E-state index contributed by atoms with van der Waals surface area (Å²) in [7, 11) is 2.80. The fourth-order valence-corrected chi connectivity index (χ4v) is 2.25. The van der Waals surface area contributed by atoms with E-state index in [2.05, 4.69) is 26.0 Å². The third kappa shape index (κ3) is 3.76. The number of methoxy groups -OCH3 is 2. The van der Waals surface area contributed by atoms with E-state index in [1.807, 2.05) is 12.1 Å². The zero-order valence-corrected chi connectivity index (χ0v) is 13.0. The van der Waals surface area contributed by atoms with Gasteiger partial charge in [-0.1, -0.05) is 12.1 Å². The molecule has 0 amide bonds. The van der Waals surface area contributed by atoms with Crippen LogP contribution in [0, 0.1) is 0 Å². The lowest BCUT2D eigenvalue weighted by atomic mass is 10.2. The standard InChI is InChI=1S/C13H14BrF2N3O2/c1-20-9-5-3-8(4-6-9)7-19-12(17-13(14)18-19)10(21-2)11(15)16/h3-6,10-11H,7H2,1-2H3. The molecule has 0 N–H and O–H groups in total. The second kappa shape index (κ2) is 6.95.